The molecule has 15 heavy (non-hydrogen) atoms. The number of nitrogens with one attached hydrogen (secondary N) is 1. The van der Waals surface area contributed by atoms with E-state index in [9.17, 15) is 0 Å². The molecule has 0 aliphatic heterocycles. The summed E-state index contributed by atoms with van der Waals surface area (Å²) in [7, 11) is 0. The van der Waals surface area contributed by atoms with Gasteiger partial charge < -0.3 is 5.32 Å². The van der Waals surface area contributed by atoms with Crippen LogP contribution in [0, 0.1) is 10.5 Å². The third-order valence-electron chi connectivity index (χ3n) is 2.12. The highest BCUT2D eigenvalue weighted by Gasteiger charge is 1.99. The lowest BCUT2D eigenvalue weighted by molar-refractivity contribution is 1.19. The van der Waals surface area contributed by atoms with Gasteiger partial charge in [-0.05, 0) is 53.8 Å². The van der Waals surface area contributed by atoms with Crippen LogP contribution in [-0.2, 0) is 6.54 Å². The van der Waals surface area contributed by atoms with Gasteiger partial charge in [0.2, 0.25) is 0 Å². The lowest BCUT2D eigenvalue weighted by Crippen LogP contribution is -1.98. The SMILES string of the molecule is Cc1ccc(CNc2ccccc2I)s1. The Bertz CT molecular complexity index is 450. The van der Waals surface area contributed by atoms with E-state index >= 15 is 0 Å². The van der Waals surface area contributed by atoms with E-state index in [4.69, 9.17) is 0 Å². The van der Waals surface area contributed by atoms with Crippen LogP contribution in [0.4, 0.5) is 5.69 Å². The zero-order valence-corrected chi connectivity index (χ0v) is 11.4. The smallest absolute Gasteiger partial charge is 0.0494 e. The van der Waals surface area contributed by atoms with Crippen molar-refractivity contribution in [2.75, 3.05) is 5.32 Å². The molecule has 2 aromatic rings. The number of aryl methyl sites for hydroxylation is 1. The molecule has 0 bridgehead atoms. The fourth-order valence-electron chi connectivity index (χ4n) is 1.37. The van der Waals surface area contributed by atoms with Crippen molar-refractivity contribution in [1.29, 1.82) is 0 Å². The summed E-state index contributed by atoms with van der Waals surface area (Å²) in [5.74, 6) is 0. The number of hydrogen-bond acceptors (Lipinski definition) is 2. The van der Waals surface area contributed by atoms with Gasteiger partial charge in [-0.15, -0.1) is 11.3 Å². The van der Waals surface area contributed by atoms with Crippen LogP contribution in [0.1, 0.15) is 9.75 Å². The minimum atomic E-state index is 0.915. The van der Waals surface area contributed by atoms with E-state index in [1.807, 2.05) is 11.3 Å². The van der Waals surface area contributed by atoms with Crippen LogP contribution >= 0.6 is 33.9 Å². The summed E-state index contributed by atoms with van der Waals surface area (Å²) in [6.45, 7) is 3.05. The van der Waals surface area contributed by atoms with E-state index in [0.717, 1.165) is 6.54 Å². The van der Waals surface area contributed by atoms with E-state index in [1.165, 1.54) is 19.0 Å². The molecule has 0 unspecified atom stereocenters. The molecule has 2 rings (SSSR count). The summed E-state index contributed by atoms with van der Waals surface area (Å²) in [5.41, 5.74) is 1.21. The molecule has 78 valence electrons. The van der Waals surface area contributed by atoms with Gasteiger partial charge in [-0.2, -0.15) is 0 Å². The van der Waals surface area contributed by atoms with Crippen LogP contribution in [0.25, 0.3) is 0 Å². The number of anilines is 1. The van der Waals surface area contributed by atoms with Gasteiger partial charge in [0.15, 0.2) is 0 Å². The molecule has 1 aromatic carbocycles. The number of para-hydroxylation sites is 1. The van der Waals surface area contributed by atoms with E-state index in [0.29, 0.717) is 0 Å². The molecule has 0 saturated heterocycles. The summed E-state index contributed by atoms with van der Waals surface area (Å²) in [5, 5.41) is 3.45. The molecule has 0 aliphatic carbocycles. The molecule has 0 atom stereocenters. The van der Waals surface area contributed by atoms with Gasteiger partial charge in [-0.1, -0.05) is 12.1 Å². The van der Waals surface area contributed by atoms with Gasteiger partial charge in [-0.3, -0.25) is 0 Å². The highest BCUT2D eigenvalue weighted by molar-refractivity contribution is 14.1. The summed E-state index contributed by atoms with van der Waals surface area (Å²) in [4.78, 5) is 2.75. The van der Waals surface area contributed by atoms with Crippen LogP contribution in [0.5, 0.6) is 0 Å². The van der Waals surface area contributed by atoms with Crippen molar-refractivity contribution in [3.05, 3.63) is 49.7 Å². The first-order chi connectivity index (χ1) is 7.25. The lowest BCUT2D eigenvalue weighted by atomic mass is 10.3. The quantitative estimate of drug-likeness (QED) is 0.829. The fourth-order valence-corrected chi connectivity index (χ4v) is 2.78. The zero-order valence-electron chi connectivity index (χ0n) is 8.46. The highest BCUT2D eigenvalue weighted by Crippen LogP contribution is 2.20. The molecule has 0 spiro atoms. The number of thiophene rings is 1. The molecular formula is C12H12INS. The number of halogens is 1. The number of rotatable bonds is 3. The summed E-state index contributed by atoms with van der Waals surface area (Å²) in [6, 6.07) is 12.7. The van der Waals surface area contributed by atoms with E-state index in [-0.39, 0.29) is 0 Å². The minimum absolute atomic E-state index is 0.915. The highest BCUT2D eigenvalue weighted by atomic mass is 127. The normalized spacial score (nSPS) is 10.3. The maximum Gasteiger partial charge on any atom is 0.0494 e. The predicted octanol–water partition coefficient (Wildman–Crippen LogP) is 4.27. The predicted molar refractivity (Wildman–Crippen MR) is 75.5 cm³/mol. The Kier molecular flexibility index (Phi) is 3.64. The topological polar surface area (TPSA) is 12.0 Å². The van der Waals surface area contributed by atoms with E-state index in [2.05, 4.69) is 71.2 Å². The van der Waals surface area contributed by atoms with E-state index in [1.54, 1.807) is 0 Å². The maximum absolute atomic E-state index is 3.45. The molecule has 0 radical (unpaired) electrons. The van der Waals surface area contributed by atoms with Crippen LogP contribution in [0.15, 0.2) is 36.4 Å². The third kappa shape index (κ3) is 2.95. The Morgan fingerprint density at radius 1 is 1.20 bits per heavy atom. The Morgan fingerprint density at radius 2 is 2.00 bits per heavy atom. The second kappa shape index (κ2) is 4.99. The Morgan fingerprint density at radius 3 is 2.67 bits per heavy atom. The fraction of sp³-hybridized carbons (Fsp3) is 0.167. The molecule has 1 nitrogen and oxygen atoms in total. The zero-order chi connectivity index (χ0) is 10.7. The molecule has 3 heteroatoms. The lowest BCUT2D eigenvalue weighted by Gasteiger charge is -2.06. The van der Waals surface area contributed by atoms with Crippen molar-refractivity contribution in [3.63, 3.8) is 0 Å². The second-order valence-corrected chi connectivity index (χ2v) is 5.88. The van der Waals surface area contributed by atoms with Gasteiger partial charge in [0.25, 0.3) is 0 Å². The van der Waals surface area contributed by atoms with Crippen molar-refractivity contribution in [2.45, 2.75) is 13.5 Å². The Hall–Kier alpha value is -0.550. The molecular weight excluding hydrogens is 317 g/mol. The van der Waals surface area contributed by atoms with Gasteiger partial charge >= 0.3 is 0 Å². The molecule has 0 amide bonds. The largest absolute Gasteiger partial charge is 0.379 e. The molecule has 1 N–H and O–H groups in total. The van der Waals surface area contributed by atoms with Gasteiger partial charge in [-0.25, -0.2) is 0 Å². The van der Waals surface area contributed by atoms with E-state index < -0.39 is 0 Å². The van der Waals surface area contributed by atoms with Crippen LogP contribution < -0.4 is 5.32 Å². The Balaban J connectivity index is 2.02. The third-order valence-corrected chi connectivity index (χ3v) is 4.06. The minimum Gasteiger partial charge on any atom is -0.379 e. The monoisotopic (exact) mass is 329 g/mol. The average molecular weight is 329 g/mol. The van der Waals surface area contributed by atoms with Crippen molar-refractivity contribution in [2.24, 2.45) is 0 Å². The number of hydrogen-bond donors (Lipinski definition) is 1. The van der Waals surface area contributed by atoms with Crippen molar-refractivity contribution >= 4 is 39.6 Å². The summed E-state index contributed by atoms with van der Waals surface area (Å²) < 4.78 is 1.27. The van der Waals surface area contributed by atoms with Gasteiger partial charge in [0, 0.05) is 25.6 Å². The average Bonchev–Trinajstić information content (AvgIpc) is 2.63. The van der Waals surface area contributed by atoms with Crippen LogP contribution in [0.2, 0.25) is 0 Å². The van der Waals surface area contributed by atoms with Crippen LogP contribution in [0.3, 0.4) is 0 Å². The molecule has 1 heterocycles. The van der Waals surface area contributed by atoms with Crippen molar-refractivity contribution in [3.8, 4) is 0 Å². The maximum atomic E-state index is 3.45. The van der Waals surface area contributed by atoms with Crippen molar-refractivity contribution < 1.29 is 0 Å². The van der Waals surface area contributed by atoms with Crippen molar-refractivity contribution in [1.82, 2.24) is 0 Å². The second-order valence-electron chi connectivity index (χ2n) is 3.35. The molecule has 0 saturated carbocycles. The first kappa shape index (κ1) is 11.0. The molecule has 0 aliphatic rings. The first-order valence-corrected chi connectivity index (χ1v) is 6.69. The Labute approximate surface area is 108 Å². The molecule has 0 fully saturated rings. The van der Waals surface area contributed by atoms with Crippen LogP contribution in [-0.4, -0.2) is 0 Å². The standard InChI is InChI=1S/C12H12INS/c1-9-6-7-10(15-9)8-14-12-5-3-2-4-11(12)13/h2-7,14H,8H2,1H3. The summed E-state index contributed by atoms with van der Waals surface area (Å²) in [6.07, 6.45) is 0. The van der Waals surface area contributed by atoms with Gasteiger partial charge in [0.1, 0.15) is 0 Å². The number of benzene rings is 1. The van der Waals surface area contributed by atoms with Gasteiger partial charge in [0.05, 0.1) is 0 Å². The molecule has 1 aromatic heterocycles. The first-order valence-electron chi connectivity index (χ1n) is 4.79. The summed E-state index contributed by atoms with van der Waals surface area (Å²) >= 11 is 4.20.